The Labute approximate surface area is 149 Å². The number of anilines is 2. The van der Waals surface area contributed by atoms with E-state index in [1.807, 2.05) is 13.8 Å². The lowest BCUT2D eigenvalue weighted by Crippen LogP contribution is -2.36. The molecule has 3 heterocycles. The average Bonchev–Trinajstić information content (AvgIpc) is 3.05. The molecule has 9 nitrogen and oxygen atoms in total. The topological polar surface area (TPSA) is 107 Å². The molecule has 1 atom stereocenters. The van der Waals surface area contributed by atoms with Crippen molar-refractivity contribution in [2.45, 2.75) is 32.2 Å². The van der Waals surface area contributed by atoms with Gasteiger partial charge in [-0.05, 0) is 12.1 Å². The standard InChI is InChI=1S/C17H19N5O4/c1-9(2)15-20-17-19-14(23)8-11(22(17)21-15)16(24)18-10-3-4-12-13(7-10)26-6-5-25-12/h3-4,7,9,11H,5-6,8H2,1-2H3,(H,18,24)(H,19,20,21,23). The molecule has 0 radical (unpaired) electrons. The molecular formula is C17H19N5O4. The van der Waals surface area contributed by atoms with E-state index in [-0.39, 0.29) is 24.2 Å². The highest BCUT2D eigenvalue weighted by Crippen LogP contribution is 2.33. The van der Waals surface area contributed by atoms with Gasteiger partial charge in [0.1, 0.15) is 19.3 Å². The van der Waals surface area contributed by atoms with Crippen LogP contribution in [0.3, 0.4) is 0 Å². The van der Waals surface area contributed by atoms with Gasteiger partial charge in [-0.2, -0.15) is 10.1 Å². The second-order valence-corrected chi connectivity index (χ2v) is 6.51. The lowest BCUT2D eigenvalue weighted by Gasteiger charge is -2.23. The van der Waals surface area contributed by atoms with Gasteiger partial charge in [-0.25, -0.2) is 4.68 Å². The minimum atomic E-state index is -0.757. The van der Waals surface area contributed by atoms with Crippen LogP contribution in [0.15, 0.2) is 18.2 Å². The Morgan fingerprint density at radius 1 is 1.31 bits per heavy atom. The third-order valence-corrected chi connectivity index (χ3v) is 4.20. The molecule has 2 amide bonds. The maximum atomic E-state index is 12.8. The number of nitrogens with one attached hydrogen (secondary N) is 2. The van der Waals surface area contributed by atoms with Crippen molar-refractivity contribution >= 4 is 23.5 Å². The summed E-state index contributed by atoms with van der Waals surface area (Å²) >= 11 is 0. The van der Waals surface area contributed by atoms with Crippen molar-refractivity contribution in [3.05, 3.63) is 24.0 Å². The van der Waals surface area contributed by atoms with E-state index in [9.17, 15) is 9.59 Å². The van der Waals surface area contributed by atoms with E-state index in [2.05, 4.69) is 20.7 Å². The molecule has 4 rings (SSSR count). The van der Waals surface area contributed by atoms with Crippen LogP contribution < -0.4 is 20.1 Å². The number of hydrogen-bond acceptors (Lipinski definition) is 6. The number of fused-ring (bicyclic) bond motifs is 2. The molecule has 26 heavy (non-hydrogen) atoms. The molecule has 2 aromatic rings. The molecule has 2 N–H and O–H groups in total. The van der Waals surface area contributed by atoms with Gasteiger partial charge < -0.3 is 14.8 Å². The number of aromatic nitrogens is 3. The zero-order valence-electron chi connectivity index (χ0n) is 14.5. The highest BCUT2D eigenvalue weighted by molar-refractivity contribution is 6.00. The van der Waals surface area contributed by atoms with E-state index in [1.54, 1.807) is 18.2 Å². The normalized spacial score (nSPS) is 18.3. The summed E-state index contributed by atoms with van der Waals surface area (Å²) in [5, 5.41) is 9.86. The summed E-state index contributed by atoms with van der Waals surface area (Å²) in [5.41, 5.74) is 0.566. The van der Waals surface area contributed by atoms with Crippen molar-refractivity contribution in [2.24, 2.45) is 0 Å². The van der Waals surface area contributed by atoms with Crippen LogP contribution in [0.1, 0.15) is 38.1 Å². The highest BCUT2D eigenvalue weighted by atomic mass is 16.6. The fourth-order valence-corrected chi connectivity index (χ4v) is 2.88. The van der Waals surface area contributed by atoms with E-state index < -0.39 is 6.04 Å². The van der Waals surface area contributed by atoms with E-state index in [4.69, 9.17) is 9.47 Å². The van der Waals surface area contributed by atoms with Gasteiger partial charge in [-0.1, -0.05) is 13.8 Å². The number of amides is 2. The van der Waals surface area contributed by atoms with Crippen molar-refractivity contribution in [1.82, 2.24) is 14.8 Å². The fraction of sp³-hybridized carbons (Fsp3) is 0.412. The van der Waals surface area contributed by atoms with Gasteiger partial charge in [0.2, 0.25) is 17.8 Å². The van der Waals surface area contributed by atoms with Gasteiger partial charge in [0.25, 0.3) is 0 Å². The second kappa shape index (κ2) is 6.32. The van der Waals surface area contributed by atoms with E-state index in [0.29, 0.717) is 42.2 Å². The second-order valence-electron chi connectivity index (χ2n) is 6.51. The molecule has 1 aromatic heterocycles. The number of carbonyl (C=O) groups excluding carboxylic acids is 2. The quantitative estimate of drug-likeness (QED) is 0.866. The third kappa shape index (κ3) is 2.96. The van der Waals surface area contributed by atoms with Crippen LogP contribution in [-0.2, 0) is 9.59 Å². The van der Waals surface area contributed by atoms with E-state index in [1.165, 1.54) is 4.68 Å². The Hall–Kier alpha value is -3.10. The predicted molar refractivity (Wildman–Crippen MR) is 92.5 cm³/mol. The van der Waals surface area contributed by atoms with Gasteiger partial charge >= 0.3 is 0 Å². The monoisotopic (exact) mass is 357 g/mol. The van der Waals surface area contributed by atoms with Crippen molar-refractivity contribution in [1.29, 1.82) is 0 Å². The highest BCUT2D eigenvalue weighted by Gasteiger charge is 2.33. The molecular weight excluding hydrogens is 338 g/mol. The minimum absolute atomic E-state index is 0.00425. The molecule has 2 aliphatic heterocycles. The predicted octanol–water partition coefficient (Wildman–Crippen LogP) is 1.69. The molecule has 1 aromatic carbocycles. The SMILES string of the molecule is CC(C)c1nc2n(n1)C(C(=O)Nc1ccc3c(c1)OCCO3)CC(=O)N2. The Balaban J connectivity index is 1.58. The lowest BCUT2D eigenvalue weighted by molar-refractivity contribution is -0.125. The third-order valence-electron chi connectivity index (χ3n) is 4.20. The zero-order chi connectivity index (χ0) is 18.3. The molecule has 0 aliphatic carbocycles. The number of benzene rings is 1. The number of carbonyl (C=O) groups is 2. The zero-order valence-corrected chi connectivity index (χ0v) is 14.5. The first-order valence-corrected chi connectivity index (χ1v) is 8.48. The summed E-state index contributed by atoms with van der Waals surface area (Å²) < 4.78 is 12.5. The van der Waals surface area contributed by atoms with Crippen LogP contribution in [0.2, 0.25) is 0 Å². The summed E-state index contributed by atoms with van der Waals surface area (Å²) in [6, 6.07) is 4.43. The molecule has 2 aliphatic rings. The van der Waals surface area contributed by atoms with Gasteiger partial charge in [-0.15, -0.1) is 0 Å². The van der Waals surface area contributed by atoms with Crippen molar-refractivity contribution in [3.63, 3.8) is 0 Å². The van der Waals surface area contributed by atoms with Crippen LogP contribution in [0, 0.1) is 0 Å². The van der Waals surface area contributed by atoms with E-state index in [0.717, 1.165) is 0 Å². The Morgan fingerprint density at radius 2 is 2.08 bits per heavy atom. The number of hydrogen-bond donors (Lipinski definition) is 2. The molecule has 0 saturated heterocycles. The molecule has 136 valence electrons. The maximum Gasteiger partial charge on any atom is 0.249 e. The molecule has 9 heteroatoms. The summed E-state index contributed by atoms with van der Waals surface area (Å²) in [4.78, 5) is 29.0. The maximum absolute atomic E-state index is 12.8. The van der Waals surface area contributed by atoms with E-state index >= 15 is 0 Å². The van der Waals surface area contributed by atoms with Crippen molar-refractivity contribution in [3.8, 4) is 11.5 Å². The number of nitrogens with zero attached hydrogens (tertiary/aromatic N) is 3. The van der Waals surface area contributed by atoms with Crippen LogP contribution >= 0.6 is 0 Å². The van der Waals surface area contributed by atoms with Crippen molar-refractivity contribution < 1.29 is 19.1 Å². The van der Waals surface area contributed by atoms with Gasteiger partial charge in [0.05, 0.1) is 6.42 Å². The Bertz CT molecular complexity index is 876. The Morgan fingerprint density at radius 3 is 2.85 bits per heavy atom. The molecule has 1 unspecified atom stereocenters. The summed E-state index contributed by atoms with van der Waals surface area (Å²) in [6.07, 6.45) is 0.00425. The summed E-state index contributed by atoms with van der Waals surface area (Å²) in [6.45, 7) is 4.87. The van der Waals surface area contributed by atoms with Gasteiger partial charge in [-0.3, -0.25) is 14.9 Å². The van der Waals surface area contributed by atoms with Crippen LogP contribution in [-0.4, -0.2) is 39.8 Å². The van der Waals surface area contributed by atoms with Crippen molar-refractivity contribution in [2.75, 3.05) is 23.8 Å². The van der Waals surface area contributed by atoms with Gasteiger partial charge in [0.15, 0.2) is 17.3 Å². The largest absolute Gasteiger partial charge is 0.486 e. The molecule has 0 spiro atoms. The average molecular weight is 357 g/mol. The summed E-state index contributed by atoms with van der Waals surface area (Å²) in [7, 11) is 0. The number of rotatable bonds is 3. The molecule has 0 fully saturated rings. The fourth-order valence-electron chi connectivity index (χ4n) is 2.88. The Kier molecular flexibility index (Phi) is 3.98. The smallest absolute Gasteiger partial charge is 0.249 e. The minimum Gasteiger partial charge on any atom is -0.486 e. The van der Waals surface area contributed by atoms with Crippen LogP contribution in [0.25, 0.3) is 0 Å². The van der Waals surface area contributed by atoms with Gasteiger partial charge in [0, 0.05) is 17.7 Å². The number of ether oxygens (including phenoxy) is 2. The first-order chi connectivity index (χ1) is 12.5. The lowest BCUT2D eigenvalue weighted by atomic mass is 10.1. The first-order valence-electron chi connectivity index (χ1n) is 8.48. The molecule has 0 saturated carbocycles. The first kappa shape index (κ1) is 16.4. The van der Waals surface area contributed by atoms with Crippen LogP contribution in [0.4, 0.5) is 11.6 Å². The molecule has 0 bridgehead atoms. The van der Waals surface area contributed by atoms with Crippen LogP contribution in [0.5, 0.6) is 11.5 Å². The summed E-state index contributed by atoms with van der Waals surface area (Å²) in [5.74, 6) is 1.60.